The molecule has 0 saturated heterocycles. The number of methoxy groups -OCH3 is 2. The number of carbonyl (C=O) groups is 1. The molecular formula is C27H27NO3. The summed E-state index contributed by atoms with van der Waals surface area (Å²) in [6.07, 6.45) is 3.73. The Morgan fingerprint density at radius 2 is 1.58 bits per heavy atom. The molecule has 0 fully saturated rings. The smallest absolute Gasteiger partial charge is 0.258 e. The molecule has 4 heteroatoms. The number of hydrogen-bond acceptors (Lipinski definition) is 3. The van der Waals surface area contributed by atoms with Crippen molar-refractivity contribution in [2.24, 2.45) is 0 Å². The molecule has 4 nitrogen and oxygen atoms in total. The van der Waals surface area contributed by atoms with Gasteiger partial charge < -0.3 is 14.4 Å². The van der Waals surface area contributed by atoms with E-state index in [1.807, 2.05) is 66.4 Å². The summed E-state index contributed by atoms with van der Waals surface area (Å²) in [6, 6.07) is 21.9. The molecule has 0 unspecified atom stereocenters. The lowest BCUT2D eigenvalue weighted by atomic mass is 9.93. The van der Waals surface area contributed by atoms with Crippen LogP contribution in [0.4, 0.5) is 0 Å². The standard InChI is InChI=1S/C27H27NO3/c1-19-9-11-21(12-10-19)27(29)28(18-20-7-5-4-6-8-20)24-14-13-22-16-25(30-2)26(31-3)17-23(22)15-24/h4-12,15-17H,13-14,18H2,1-3H3. The second-order valence-corrected chi connectivity index (χ2v) is 7.78. The zero-order chi connectivity index (χ0) is 21.8. The van der Waals surface area contributed by atoms with E-state index in [2.05, 4.69) is 18.2 Å². The maximum Gasteiger partial charge on any atom is 0.258 e. The molecule has 0 atom stereocenters. The van der Waals surface area contributed by atoms with Crippen LogP contribution in [-0.4, -0.2) is 25.0 Å². The molecule has 3 aromatic rings. The van der Waals surface area contributed by atoms with Crippen molar-refractivity contribution in [1.29, 1.82) is 0 Å². The molecule has 0 bridgehead atoms. The Morgan fingerprint density at radius 1 is 0.903 bits per heavy atom. The number of ether oxygens (including phenoxy) is 2. The number of fused-ring (bicyclic) bond motifs is 1. The van der Waals surface area contributed by atoms with Crippen molar-refractivity contribution in [1.82, 2.24) is 4.90 Å². The molecule has 158 valence electrons. The summed E-state index contributed by atoms with van der Waals surface area (Å²) in [6.45, 7) is 2.56. The molecule has 1 aliphatic rings. The highest BCUT2D eigenvalue weighted by molar-refractivity contribution is 5.96. The monoisotopic (exact) mass is 413 g/mol. The number of carbonyl (C=O) groups excluding carboxylic acids is 1. The fourth-order valence-electron chi connectivity index (χ4n) is 3.94. The quantitative estimate of drug-likeness (QED) is 0.525. The summed E-state index contributed by atoms with van der Waals surface area (Å²) in [4.78, 5) is 15.4. The largest absolute Gasteiger partial charge is 0.493 e. The Bertz CT molecular complexity index is 1100. The lowest BCUT2D eigenvalue weighted by Crippen LogP contribution is -2.31. The van der Waals surface area contributed by atoms with Gasteiger partial charge in [0.2, 0.25) is 0 Å². The number of nitrogens with zero attached hydrogens (tertiary/aromatic N) is 1. The van der Waals surface area contributed by atoms with Crippen LogP contribution in [0, 0.1) is 6.92 Å². The molecule has 3 aromatic carbocycles. The molecule has 0 spiro atoms. The number of allylic oxidation sites excluding steroid dienone is 1. The van der Waals surface area contributed by atoms with Crippen molar-refractivity contribution < 1.29 is 14.3 Å². The molecule has 0 radical (unpaired) electrons. The van der Waals surface area contributed by atoms with E-state index in [9.17, 15) is 4.79 Å². The maximum atomic E-state index is 13.5. The molecule has 0 N–H and O–H groups in total. The van der Waals surface area contributed by atoms with E-state index in [0.717, 1.165) is 41.0 Å². The van der Waals surface area contributed by atoms with E-state index >= 15 is 0 Å². The normalized spacial score (nSPS) is 12.5. The summed E-state index contributed by atoms with van der Waals surface area (Å²) < 4.78 is 10.9. The first-order valence-corrected chi connectivity index (χ1v) is 10.5. The average molecular weight is 414 g/mol. The number of amides is 1. The van der Waals surface area contributed by atoms with Gasteiger partial charge in [-0.3, -0.25) is 4.79 Å². The molecule has 0 saturated carbocycles. The Balaban J connectivity index is 1.73. The van der Waals surface area contributed by atoms with Crippen LogP contribution in [0.1, 0.15) is 39.0 Å². The van der Waals surface area contributed by atoms with Crippen LogP contribution < -0.4 is 9.47 Å². The first kappa shape index (κ1) is 20.7. The summed E-state index contributed by atoms with van der Waals surface area (Å²) >= 11 is 0. The van der Waals surface area contributed by atoms with Gasteiger partial charge in [0.25, 0.3) is 5.91 Å². The zero-order valence-electron chi connectivity index (χ0n) is 18.2. The summed E-state index contributed by atoms with van der Waals surface area (Å²) in [7, 11) is 3.29. The van der Waals surface area contributed by atoms with Crippen LogP contribution in [0.25, 0.3) is 6.08 Å². The van der Waals surface area contributed by atoms with Crippen molar-refractivity contribution in [3.05, 3.63) is 100 Å². The van der Waals surface area contributed by atoms with Crippen LogP contribution in [-0.2, 0) is 13.0 Å². The van der Waals surface area contributed by atoms with Gasteiger partial charge in [0, 0.05) is 11.3 Å². The summed E-state index contributed by atoms with van der Waals surface area (Å²) in [5, 5.41) is 0. The molecular weight excluding hydrogens is 386 g/mol. The minimum absolute atomic E-state index is 0.0130. The molecule has 1 amide bonds. The third-order valence-electron chi connectivity index (χ3n) is 5.69. The van der Waals surface area contributed by atoms with Crippen LogP contribution >= 0.6 is 0 Å². The SMILES string of the molecule is COc1cc2c(cc1OC)CCC(N(Cc1ccccc1)C(=O)c1ccc(C)cc1)=C2. The molecule has 0 heterocycles. The van der Waals surface area contributed by atoms with E-state index in [-0.39, 0.29) is 5.91 Å². The maximum absolute atomic E-state index is 13.5. The minimum atomic E-state index is 0.0130. The van der Waals surface area contributed by atoms with E-state index in [4.69, 9.17) is 9.47 Å². The van der Waals surface area contributed by atoms with Gasteiger partial charge in [0.05, 0.1) is 20.8 Å². The van der Waals surface area contributed by atoms with Crippen LogP contribution in [0.3, 0.4) is 0 Å². The Morgan fingerprint density at radius 3 is 2.26 bits per heavy atom. The lowest BCUT2D eigenvalue weighted by molar-refractivity contribution is 0.0792. The second-order valence-electron chi connectivity index (χ2n) is 7.78. The van der Waals surface area contributed by atoms with Crippen molar-refractivity contribution in [2.45, 2.75) is 26.3 Å². The number of hydrogen-bond donors (Lipinski definition) is 0. The Hall–Kier alpha value is -3.53. The fourth-order valence-corrected chi connectivity index (χ4v) is 3.94. The van der Waals surface area contributed by atoms with Gasteiger partial charge in [0.15, 0.2) is 11.5 Å². The molecule has 0 aromatic heterocycles. The van der Waals surface area contributed by atoms with E-state index in [1.54, 1.807) is 14.2 Å². The van der Waals surface area contributed by atoms with Crippen molar-refractivity contribution in [3.63, 3.8) is 0 Å². The summed E-state index contributed by atoms with van der Waals surface area (Å²) in [5.74, 6) is 1.44. The fraction of sp³-hybridized carbons (Fsp3) is 0.222. The predicted molar refractivity (Wildman–Crippen MR) is 123 cm³/mol. The third-order valence-corrected chi connectivity index (χ3v) is 5.69. The Kier molecular flexibility index (Phi) is 6.08. The van der Waals surface area contributed by atoms with Gasteiger partial charge >= 0.3 is 0 Å². The molecule has 0 aliphatic heterocycles. The van der Waals surface area contributed by atoms with E-state index in [1.165, 1.54) is 5.56 Å². The van der Waals surface area contributed by atoms with Gasteiger partial charge in [-0.05, 0) is 66.8 Å². The first-order valence-electron chi connectivity index (χ1n) is 10.5. The van der Waals surface area contributed by atoms with Crippen molar-refractivity contribution in [2.75, 3.05) is 14.2 Å². The van der Waals surface area contributed by atoms with Crippen molar-refractivity contribution in [3.8, 4) is 11.5 Å². The van der Waals surface area contributed by atoms with Crippen LogP contribution in [0.15, 0.2) is 72.4 Å². The predicted octanol–water partition coefficient (Wildman–Crippen LogP) is 5.64. The summed E-state index contributed by atoms with van der Waals surface area (Å²) in [5.41, 5.74) is 6.20. The zero-order valence-corrected chi connectivity index (χ0v) is 18.2. The number of benzene rings is 3. The highest BCUT2D eigenvalue weighted by Gasteiger charge is 2.24. The lowest BCUT2D eigenvalue weighted by Gasteiger charge is -2.29. The van der Waals surface area contributed by atoms with Gasteiger partial charge in [-0.1, -0.05) is 48.0 Å². The third kappa shape index (κ3) is 4.48. The van der Waals surface area contributed by atoms with E-state index < -0.39 is 0 Å². The van der Waals surface area contributed by atoms with Gasteiger partial charge in [-0.25, -0.2) is 0 Å². The number of aryl methyl sites for hydroxylation is 2. The topological polar surface area (TPSA) is 38.8 Å². The highest BCUT2D eigenvalue weighted by atomic mass is 16.5. The average Bonchev–Trinajstić information content (AvgIpc) is 2.82. The van der Waals surface area contributed by atoms with Crippen molar-refractivity contribution >= 4 is 12.0 Å². The highest BCUT2D eigenvalue weighted by Crippen LogP contribution is 2.36. The molecule has 1 aliphatic carbocycles. The van der Waals surface area contributed by atoms with E-state index in [0.29, 0.717) is 17.9 Å². The Labute approximate surface area is 183 Å². The molecule has 4 rings (SSSR count). The van der Waals surface area contributed by atoms with Gasteiger partial charge in [-0.2, -0.15) is 0 Å². The minimum Gasteiger partial charge on any atom is -0.493 e. The van der Waals surface area contributed by atoms with Gasteiger partial charge in [-0.15, -0.1) is 0 Å². The molecule has 31 heavy (non-hydrogen) atoms. The number of rotatable bonds is 6. The van der Waals surface area contributed by atoms with Crippen LogP contribution in [0.5, 0.6) is 11.5 Å². The van der Waals surface area contributed by atoms with Gasteiger partial charge in [0.1, 0.15) is 0 Å². The van der Waals surface area contributed by atoms with Crippen LogP contribution in [0.2, 0.25) is 0 Å². The first-order chi connectivity index (χ1) is 15.1. The second kappa shape index (κ2) is 9.09.